The summed E-state index contributed by atoms with van der Waals surface area (Å²) in [5, 5.41) is 0. The fourth-order valence-electron chi connectivity index (χ4n) is 3.44. The van der Waals surface area contributed by atoms with Crippen LogP contribution in [0.15, 0.2) is 45.2 Å². The molecule has 0 spiro atoms. The average molecular weight is 418 g/mol. The van der Waals surface area contributed by atoms with Gasteiger partial charge >= 0.3 is 0 Å². The highest BCUT2D eigenvalue weighted by molar-refractivity contribution is 7.91. The zero-order chi connectivity index (χ0) is 19.9. The molecule has 28 heavy (non-hydrogen) atoms. The summed E-state index contributed by atoms with van der Waals surface area (Å²) in [4.78, 5) is 7.12. The molecule has 0 unspecified atom stereocenters. The Morgan fingerprint density at radius 2 is 1.79 bits per heavy atom. The zero-order valence-electron chi connectivity index (χ0n) is 16.2. The molecule has 1 aliphatic heterocycles. The molecule has 0 aliphatic carbocycles. The zero-order valence-corrected chi connectivity index (χ0v) is 17.8. The molecule has 0 amide bonds. The van der Waals surface area contributed by atoms with Crippen molar-refractivity contribution in [2.24, 2.45) is 0 Å². The van der Waals surface area contributed by atoms with Crippen LogP contribution in [0.3, 0.4) is 0 Å². The van der Waals surface area contributed by atoms with E-state index in [0.29, 0.717) is 42.0 Å². The second-order valence-electron chi connectivity index (χ2n) is 6.97. The molecule has 0 saturated carbocycles. The van der Waals surface area contributed by atoms with Crippen molar-refractivity contribution in [1.82, 2.24) is 9.29 Å². The van der Waals surface area contributed by atoms with Crippen molar-refractivity contribution in [2.75, 3.05) is 31.1 Å². The lowest BCUT2D eigenvalue weighted by Crippen LogP contribution is -2.48. The van der Waals surface area contributed by atoms with Gasteiger partial charge in [0.2, 0.25) is 0 Å². The largest absolute Gasteiger partial charge is 0.440 e. The maximum Gasteiger partial charge on any atom is 0.252 e. The van der Waals surface area contributed by atoms with Crippen LogP contribution >= 0.6 is 11.3 Å². The van der Waals surface area contributed by atoms with Crippen molar-refractivity contribution >= 4 is 27.0 Å². The minimum absolute atomic E-state index is 0.344. The third kappa shape index (κ3) is 3.47. The molecule has 1 aromatic carbocycles. The fourth-order valence-corrected chi connectivity index (χ4v) is 6.27. The number of anilines is 1. The SMILES string of the molecule is Cc1ncc(-c2ccc(S(=O)(=O)N3CCN(c4cccc(C)c4C)CC3)s2)o1. The molecule has 148 valence electrons. The second-order valence-corrected chi connectivity index (χ2v) is 10.2. The number of thiophene rings is 1. The maximum absolute atomic E-state index is 13.1. The molecule has 3 aromatic rings. The molecule has 1 aliphatic rings. The van der Waals surface area contributed by atoms with E-state index < -0.39 is 10.0 Å². The summed E-state index contributed by atoms with van der Waals surface area (Å²) >= 11 is 1.22. The lowest BCUT2D eigenvalue weighted by Gasteiger charge is -2.36. The highest BCUT2D eigenvalue weighted by atomic mass is 32.2. The third-order valence-corrected chi connectivity index (χ3v) is 8.66. The van der Waals surface area contributed by atoms with Gasteiger partial charge in [-0.2, -0.15) is 4.31 Å². The summed E-state index contributed by atoms with van der Waals surface area (Å²) in [5.74, 6) is 1.17. The molecule has 0 N–H and O–H groups in total. The number of aryl methyl sites for hydroxylation is 2. The number of rotatable bonds is 4. The number of sulfonamides is 1. The molecule has 1 saturated heterocycles. The molecule has 0 atom stereocenters. The van der Waals surface area contributed by atoms with Crippen molar-refractivity contribution < 1.29 is 12.8 Å². The Balaban J connectivity index is 1.49. The molecule has 0 bridgehead atoms. The molecular formula is C20H23N3O3S2. The van der Waals surface area contributed by atoms with Crippen molar-refractivity contribution in [1.29, 1.82) is 0 Å². The number of hydrogen-bond acceptors (Lipinski definition) is 6. The lowest BCUT2D eigenvalue weighted by atomic mass is 10.1. The Morgan fingerprint density at radius 1 is 1.04 bits per heavy atom. The van der Waals surface area contributed by atoms with Gasteiger partial charge < -0.3 is 9.32 Å². The van der Waals surface area contributed by atoms with Gasteiger partial charge in [0.25, 0.3) is 10.0 Å². The van der Waals surface area contributed by atoms with Crippen LogP contribution in [0.5, 0.6) is 0 Å². The molecule has 4 rings (SSSR count). The topological polar surface area (TPSA) is 66.7 Å². The van der Waals surface area contributed by atoms with E-state index in [9.17, 15) is 8.42 Å². The minimum atomic E-state index is -3.50. The minimum Gasteiger partial charge on any atom is -0.440 e. The first kappa shape index (κ1) is 19.2. The molecule has 3 heterocycles. The Bertz CT molecular complexity index is 1090. The van der Waals surface area contributed by atoms with Gasteiger partial charge in [0, 0.05) is 38.8 Å². The number of hydrogen-bond donors (Lipinski definition) is 0. The normalized spacial score (nSPS) is 15.9. The van der Waals surface area contributed by atoms with Gasteiger partial charge in [-0.1, -0.05) is 12.1 Å². The first-order valence-electron chi connectivity index (χ1n) is 9.20. The van der Waals surface area contributed by atoms with Crippen molar-refractivity contribution in [3.8, 4) is 10.6 Å². The Hall–Kier alpha value is -2.16. The van der Waals surface area contributed by atoms with Crippen molar-refractivity contribution in [3.63, 3.8) is 0 Å². The van der Waals surface area contributed by atoms with E-state index in [0.717, 1.165) is 4.88 Å². The second kappa shape index (κ2) is 7.35. The van der Waals surface area contributed by atoms with E-state index in [2.05, 4.69) is 41.9 Å². The summed E-state index contributed by atoms with van der Waals surface area (Å²) < 4.78 is 33.6. The third-order valence-electron chi connectivity index (χ3n) is 5.19. The van der Waals surface area contributed by atoms with Crippen molar-refractivity contribution in [2.45, 2.75) is 25.0 Å². The summed E-state index contributed by atoms with van der Waals surface area (Å²) in [7, 11) is -3.50. The summed E-state index contributed by atoms with van der Waals surface area (Å²) in [6.07, 6.45) is 1.63. The van der Waals surface area contributed by atoms with Gasteiger partial charge in [0.15, 0.2) is 11.7 Å². The van der Waals surface area contributed by atoms with Gasteiger partial charge in [-0.15, -0.1) is 11.3 Å². The van der Waals surface area contributed by atoms with Gasteiger partial charge in [-0.25, -0.2) is 13.4 Å². The Morgan fingerprint density at radius 3 is 2.46 bits per heavy atom. The van der Waals surface area contributed by atoms with Crippen LogP contribution in [0.1, 0.15) is 17.0 Å². The van der Waals surface area contributed by atoms with Crippen LogP contribution in [0.4, 0.5) is 5.69 Å². The first-order chi connectivity index (χ1) is 13.4. The van der Waals surface area contributed by atoms with Gasteiger partial charge in [0.05, 0.1) is 11.1 Å². The number of nitrogens with zero attached hydrogens (tertiary/aromatic N) is 3. The van der Waals surface area contributed by atoms with E-state index in [-0.39, 0.29) is 0 Å². The molecule has 8 heteroatoms. The van der Waals surface area contributed by atoms with Crippen LogP contribution in [-0.2, 0) is 10.0 Å². The molecule has 2 aromatic heterocycles. The summed E-state index contributed by atoms with van der Waals surface area (Å²) in [6, 6.07) is 9.70. The van der Waals surface area contributed by atoms with Gasteiger partial charge in [-0.3, -0.25) is 0 Å². The van der Waals surface area contributed by atoms with E-state index in [1.165, 1.54) is 28.2 Å². The maximum atomic E-state index is 13.1. The summed E-state index contributed by atoms with van der Waals surface area (Å²) in [6.45, 7) is 8.31. The smallest absolute Gasteiger partial charge is 0.252 e. The number of oxazole rings is 1. The van der Waals surface area contributed by atoms with Crippen LogP contribution in [-0.4, -0.2) is 43.9 Å². The van der Waals surface area contributed by atoms with E-state index >= 15 is 0 Å². The predicted molar refractivity (Wildman–Crippen MR) is 111 cm³/mol. The molecule has 0 radical (unpaired) electrons. The predicted octanol–water partition coefficient (Wildman–Crippen LogP) is 3.84. The quantitative estimate of drug-likeness (QED) is 0.645. The summed E-state index contributed by atoms with van der Waals surface area (Å²) in [5.41, 5.74) is 3.70. The van der Waals surface area contributed by atoms with Gasteiger partial charge in [-0.05, 0) is 43.2 Å². The van der Waals surface area contributed by atoms with Crippen LogP contribution in [0.2, 0.25) is 0 Å². The highest BCUT2D eigenvalue weighted by Crippen LogP contribution is 2.33. The molecular weight excluding hydrogens is 394 g/mol. The average Bonchev–Trinajstić information content (AvgIpc) is 3.33. The standard InChI is InChI=1S/C20H23N3O3S2/c1-14-5-4-6-17(15(14)2)22-9-11-23(12-10-22)28(24,25)20-8-7-19(27-20)18-13-21-16(3)26-18/h4-8,13H,9-12H2,1-3H3. The van der Waals surface area contributed by atoms with Crippen molar-refractivity contribution in [3.05, 3.63) is 53.5 Å². The van der Waals surface area contributed by atoms with Crippen LogP contribution < -0.4 is 4.90 Å². The lowest BCUT2D eigenvalue weighted by molar-refractivity contribution is 0.385. The van der Waals surface area contributed by atoms with E-state index in [4.69, 9.17) is 4.42 Å². The van der Waals surface area contributed by atoms with E-state index in [1.54, 1.807) is 29.6 Å². The number of aromatic nitrogens is 1. The van der Waals surface area contributed by atoms with Crippen LogP contribution in [0, 0.1) is 20.8 Å². The van der Waals surface area contributed by atoms with Crippen LogP contribution in [0.25, 0.3) is 10.6 Å². The van der Waals surface area contributed by atoms with Gasteiger partial charge in [0.1, 0.15) is 4.21 Å². The van der Waals surface area contributed by atoms with E-state index in [1.807, 2.05) is 0 Å². The highest BCUT2D eigenvalue weighted by Gasteiger charge is 2.30. The molecule has 6 nitrogen and oxygen atoms in total. The Kier molecular flexibility index (Phi) is 5.03. The first-order valence-corrected chi connectivity index (χ1v) is 11.5. The molecule has 1 fully saturated rings. The number of piperazine rings is 1. The fraction of sp³-hybridized carbons (Fsp3) is 0.350. The number of benzene rings is 1. The Labute approximate surface area is 169 Å². The monoisotopic (exact) mass is 417 g/mol.